The Labute approximate surface area is 184 Å². The van der Waals surface area contributed by atoms with Crippen LogP contribution in [0.1, 0.15) is 39.1 Å². The van der Waals surface area contributed by atoms with Crippen molar-refractivity contribution in [2.75, 3.05) is 13.2 Å². The second-order valence-electron chi connectivity index (χ2n) is 7.61. The van der Waals surface area contributed by atoms with Gasteiger partial charge in [-0.25, -0.2) is 9.59 Å². The third-order valence-electron chi connectivity index (χ3n) is 5.67. The number of aromatic carboxylic acids is 1. The summed E-state index contributed by atoms with van der Waals surface area (Å²) in [6, 6.07) is 21.8. The van der Waals surface area contributed by atoms with E-state index in [4.69, 9.17) is 4.74 Å². The van der Waals surface area contributed by atoms with E-state index in [2.05, 4.69) is 5.32 Å². The largest absolute Gasteiger partial charge is 0.478 e. The fourth-order valence-electron chi connectivity index (χ4n) is 4.11. The maximum absolute atomic E-state index is 12.2. The molecule has 4 rings (SSSR count). The Balaban J connectivity index is 1.36. The Morgan fingerprint density at radius 3 is 2.06 bits per heavy atom. The zero-order chi connectivity index (χ0) is 22.7. The van der Waals surface area contributed by atoms with Gasteiger partial charge in [-0.2, -0.15) is 0 Å². The minimum absolute atomic E-state index is 0.0711. The normalized spacial score (nSPS) is 14.2. The lowest BCUT2D eigenvalue weighted by atomic mass is 9.98. The van der Waals surface area contributed by atoms with Crippen molar-refractivity contribution in [2.45, 2.75) is 18.1 Å². The van der Waals surface area contributed by atoms with Gasteiger partial charge in [0.2, 0.25) is 0 Å². The summed E-state index contributed by atoms with van der Waals surface area (Å²) in [5, 5.41) is 32.3. The predicted octanol–water partition coefficient (Wildman–Crippen LogP) is 3.32. The van der Waals surface area contributed by atoms with Crippen LogP contribution in [0.4, 0.5) is 4.79 Å². The summed E-state index contributed by atoms with van der Waals surface area (Å²) < 4.78 is 5.40. The van der Waals surface area contributed by atoms with Crippen molar-refractivity contribution >= 4 is 12.1 Å². The number of benzene rings is 3. The van der Waals surface area contributed by atoms with Crippen LogP contribution in [-0.2, 0) is 4.74 Å². The van der Waals surface area contributed by atoms with E-state index in [1.165, 1.54) is 18.2 Å². The van der Waals surface area contributed by atoms with E-state index in [9.17, 15) is 24.9 Å². The second kappa shape index (κ2) is 9.21. The van der Waals surface area contributed by atoms with Crippen LogP contribution in [0.2, 0.25) is 0 Å². The Morgan fingerprint density at radius 2 is 1.44 bits per heavy atom. The summed E-state index contributed by atoms with van der Waals surface area (Å²) in [5.41, 5.74) is 4.37. The van der Waals surface area contributed by atoms with Gasteiger partial charge in [0.15, 0.2) is 0 Å². The molecule has 4 N–H and O–H groups in total. The minimum Gasteiger partial charge on any atom is -0.478 e. The van der Waals surface area contributed by atoms with Crippen molar-refractivity contribution in [1.82, 2.24) is 5.32 Å². The number of carbonyl (C=O) groups excluding carboxylic acids is 1. The molecule has 0 saturated heterocycles. The number of hydrogen-bond acceptors (Lipinski definition) is 5. The van der Waals surface area contributed by atoms with E-state index < -0.39 is 24.3 Å². The first-order valence-electron chi connectivity index (χ1n) is 10.2. The van der Waals surface area contributed by atoms with Crippen molar-refractivity contribution in [2.24, 2.45) is 0 Å². The van der Waals surface area contributed by atoms with Crippen LogP contribution >= 0.6 is 0 Å². The highest BCUT2D eigenvalue weighted by Crippen LogP contribution is 2.44. The van der Waals surface area contributed by atoms with Crippen molar-refractivity contribution in [1.29, 1.82) is 0 Å². The van der Waals surface area contributed by atoms with Crippen LogP contribution in [0.5, 0.6) is 0 Å². The van der Waals surface area contributed by atoms with Gasteiger partial charge >= 0.3 is 12.1 Å². The van der Waals surface area contributed by atoms with Gasteiger partial charge < -0.3 is 25.4 Å². The molecule has 164 valence electrons. The highest BCUT2D eigenvalue weighted by molar-refractivity contribution is 5.89. The van der Waals surface area contributed by atoms with Crippen LogP contribution in [-0.4, -0.2) is 46.6 Å². The van der Waals surface area contributed by atoms with Crippen molar-refractivity contribution < 1.29 is 29.6 Å². The molecule has 0 bridgehead atoms. The molecule has 0 aliphatic heterocycles. The predicted molar refractivity (Wildman–Crippen MR) is 117 cm³/mol. The molecule has 3 aromatic rings. The molecule has 0 fully saturated rings. The topological polar surface area (TPSA) is 116 Å². The Morgan fingerprint density at radius 1 is 0.875 bits per heavy atom. The highest BCUT2D eigenvalue weighted by Gasteiger charge is 2.29. The van der Waals surface area contributed by atoms with Crippen LogP contribution in [0.15, 0.2) is 72.8 Å². The summed E-state index contributed by atoms with van der Waals surface area (Å²) in [5.74, 6) is -1.30. The smallest absolute Gasteiger partial charge is 0.407 e. The number of nitrogens with one attached hydrogen (secondary N) is 1. The summed E-state index contributed by atoms with van der Waals surface area (Å²) in [4.78, 5) is 23.6. The number of carbonyl (C=O) groups is 2. The molecular formula is C25H23NO6. The lowest BCUT2D eigenvalue weighted by Crippen LogP contribution is -2.36. The molecule has 1 amide bonds. The van der Waals surface area contributed by atoms with Gasteiger partial charge in [-0.3, -0.25) is 0 Å². The summed E-state index contributed by atoms with van der Waals surface area (Å²) in [6.07, 6.45) is -3.61. The Bertz CT molecular complexity index is 1100. The summed E-state index contributed by atoms with van der Waals surface area (Å²) in [7, 11) is 0. The third kappa shape index (κ3) is 4.21. The molecular weight excluding hydrogens is 410 g/mol. The van der Waals surface area contributed by atoms with Crippen LogP contribution in [0.25, 0.3) is 11.1 Å². The molecule has 3 aromatic carbocycles. The van der Waals surface area contributed by atoms with E-state index in [-0.39, 0.29) is 30.2 Å². The molecule has 0 radical (unpaired) electrons. The lowest BCUT2D eigenvalue weighted by molar-refractivity contribution is 0.0175. The Hall–Kier alpha value is -3.68. The summed E-state index contributed by atoms with van der Waals surface area (Å²) in [6.45, 7) is -0.174. The third-order valence-corrected chi connectivity index (χ3v) is 5.67. The average molecular weight is 433 g/mol. The summed E-state index contributed by atoms with van der Waals surface area (Å²) >= 11 is 0. The SMILES string of the molecule is O=C(NCC(O)C(O)c1ccccc1C(=O)O)OCC1c2ccccc2-c2ccccc21. The monoisotopic (exact) mass is 433 g/mol. The number of ether oxygens (including phenoxy) is 1. The van der Waals surface area contributed by atoms with Gasteiger partial charge in [-0.15, -0.1) is 0 Å². The second-order valence-corrected chi connectivity index (χ2v) is 7.61. The van der Waals surface area contributed by atoms with Gasteiger partial charge in [-0.05, 0) is 33.9 Å². The molecule has 0 saturated carbocycles. The first-order chi connectivity index (χ1) is 15.5. The van der Waals surface area contributed by atoms with E-state index in [0.29, 0.717) is 0 Å². The molecule has 32 heavy (non-hydrogen) atoms. The zero-order valence-electron chi connectivity index (χ0n) is 17.1. The first-order valence-corrected chi connectivity index (χ1v) is 10.2. The van der Waals surface area contributed by atoms with E-state index in [0.717, 1.165) is 22.3 Å². The number of alkyl carbamates (subject to hydrolysis) is 1. The number of fused-ring (bicyclic) bond motifs is 3. The number of aliphatic hydroxyl groups excluding tert-OH is 2. The number of rotatable bonds is 7. The van der Waals surface area contributed by atoms with Gasteiger partial charge in [0.05, 0.1) is 5.56 Å². The molecule has 1 aliphatic carbocycles. The number of aliphatic hydroxyl groups is 2. The lowest BCUT2D eigenvalue weighted by Gasteiger charge is -2.20. The van der Waals surface area contributed by atoms with Gasteiger partial charge in [-0.1, -0.05) is 66.7 Å². The molecule has 0 heterocycles. The van der Waals surface area contributed by atoms with Crippen LogP contribution in [0.3, 0.4) is 0 Å². The molecule has 2 atom stereocenters. The molecule has 1 aliphatic rings. The van der Waals surface area contributed by atoms with Crippen LogP contribution in [0, 0.1) is 0 Å². The minimum atomic E-state index is -1.48. The molecule has 7 nitrogen and oxygen atoms in total. The van der Waals surface area contributed by atoms with Gasteiger partial charge in [0, 0.05) is 12.5 Å². The molecule has 0 spiro atoms. The van der Waals surface area contributed by atoms with Crippen molar-refractivity contribution in [3.63, 3.8) is 0 Å². The maximum Gasteiger partial charge on any atom is 0.407 e. The van der Waals surface area contributed by atoms with Gasteiger partial charge in [0.1, 0.15) is 18.8 Å². The highest BCUT2D eigenvalue weighted by atomic mass is 16.5. The number of hydrogen-bond donors (Lipinski definition) is 4. The standard InChI is InChI=1S/C25H23NO6/c27-22(23(28)19-11-5-6-12-20(19)24(29)30)13-26-25(31)32-14-21-17-9-3-1-7-15(17)16-8-2-4-10-18(16)21/h1-12,21-23,27-28H,13-14H2,(H,26,31)(H,29,30). The quantitative estimate of drug-likeness (QED) is 0.454. The van der Waals surface area contributed by atoms with Gasteiger partial charge in [0.25, 0.3) is 0 Å². The number of carboxylic acids is 1. The van der Waals surface area contributed by atoms with Crippen molar-refractivity contribution in [3.8, 4) is 11.1 Å². The van der Waals surface area contributed by atoms with E-state index in [1.807, 2.05) is 48.5 Å². The van der Waals surface area contributed by atoms with Crippen molar-refractivity contribution in [3.05, 3.63) is 95.1 Å². The number of amides is 1. The van der Waals surface area contributed by atoms with E-state index >= 15 is 0 Å². The molecule has 0 aromatic heterocycles. The van der Waals surface area contributed by atoms with Crippen LogP contribution < -0.4 is 5.32 Å². The number of carboxylic acid groups (broad SMARTS) is 1. The molecule has 2 unspecified atom stereocenters. The Kier molecular flexibility index (Phi) is 6.20. The van der Waals surface area contributed by atoms with E-state index in [1.54, 1.807) is 6.07 Å². The fourth-order valence-corrected chi connectivity index (χ4v) is 4.11. The fraction of sp³-hybridized carbons (Fsp3) is 0.200. The zero-order valence-corrected chi connectivity index (χ0v) is 17.1. The maximum atomic E-state index is 12.2. The first kappa shape index (κ1) is 21.5. The average Bonchev–Trinajstić information content (AvgIpc) is 3.14. The molecule has 7 heteroatoms.